The van der Waals surface area contributed by atoms with Crippen molar-refractivity contribution in [2.75, 3.05) is 0 Å². The van der Waals surface area contributed by atoms with Crippen molar-refractivity contribution in [3.05, 3.63) is 328 Å². The summed E-state index contributed by atoms with van der Waals surface area (Å²) in [4.78, 5) is 15.9. The minimum absolute atomic E-state index is 0. The molecule has 3 aliphatic carbocycles. The first kappa shape index (κ1) is 91.7. The summed E-state index contributed by atoms with van der Waals surface area (Å²) < 4.78 is 0. The molecule has 9 aromatic rings. The Morgan fingerprint density at radius 3 is 1.09 bits per heavy atom. The topological polar surface area (TPSA) is 32.6 Å². The minimum atomic E-state index is -2.64. The van der Waals surface area contributed by atoms with E-state index in [4.69, 9.17) is 45.8 Å². The number of benzene rings is 9. The molecule has 9 aromatic carbocycles. The van der Waals surface area contributed by atoms with E-state index in [1.165, 1.54) is 177 Å². The van der Waals surface area contributed by atoms with Crippen LogP contribution in [0.25, 0.3) is 10.7 Å². The van der Waals surface area contributed by atoms with Gasteiger partial charge in [-0.15, -0.1) is 27.7 Å². The molecule has 14 rings (SSSR count). The summed E-state index contributed by atoms with van der Waals surface area (Å²) in [5, 5.41) is 8.06. The maximum absolute atomic E-state index is 6.80. The third-order valence-corrected chi connectivity index (χ3v) is 39.2. The third kappa shape index (κ3) is 23.1. The van der Waals surface area contributed by atoms with Gasteiger partial charge in [-0.1, -0.05) is 360 Å². The zero-order valence-corrected chi connectivity index (χ0v) is 79.3. The molecule has 115 heavy (non-hydrogen) atoms. The molecule has 0 spiro atoms. The van der Waals surface area contributed by atoms with E-state index in [2.05, 4.69) is 347 Å². The zero-order valence-electron chi connectivity index (χ0n) is 71.7. The second kappa shape index (κ2) is 43.6. The van der Waals surface area contributed by atoms with Crippen LogP contribution in [0.15, 0.2) is 249 Å². The van der Waals surface area contributed by atoms with E-state index >= 15 is 0 Å². The molecule has 0 radical (unpaired) electrons. The van der Waals surface area contributed by atoms with Gasteiger partial charge in [0.25, 0.3) is 0 Å². The van der Waals surface area contributed by atoms with Gasteiger partial charge in [-0.3, -0.25) is 4.90 Å². The SMILES string of the molecule is CCCCc1ccc([Si](Cl)(Cl)c2ccc(CCCC)cc2)cc1.CCCCc1ccc([Si](NC(C)(C)C)(c2ccc(CCCC)cc2)C2C=C(N3Cc4ccccc4C3)c3ccccc32)cc1.CCCCc1ccc([Si]([N-]C(C)(C)C)(c2ccc(CCCC)cc2)C2CC(N3Cc4ccccc4C3)C3C=CC=CC32)cc1.[CH3-].[Cl][Ti][Cl]. The molecule has 1 saturated carbocycles. The van der Waals surface area contributed by atoms with Crippen LogP contribution in [0.2, 0.25) is 5.54 Å². The van der Waals surface area contributed by atoms with Gasteiger partial charge in [-0.2, -0.15) is 0 Å². The Balaban J connectivity index is 0.000000187. The monoisotopic (exact) mass is 1700 g/mol. The van der Waals surface area contributed by atoms with Gasteiger partial charge in [-0.05, 0) is 204 Å². The van der Waals surface area contributed by atoms with Gasteiger partial charge in [0.2, 0.25) is 8.24 Å². The van der Waals surface area contributed by atoms with E-state index in [1.807, 2.05) is 0 Å². The molecular formula is C103H132Cl4N4Si3Ti-2. The van der Waals surface area contributed by atoms with Gasteiger partial charge >= 0.3 is 42.3 Å². The first-order valence-corrected chi connectivity index (χ1v) is 55.8. The van der Waals surface area contributed by atoms with Crippen LogP contribution >= 0.6 is 40.8 Å². The fourth-order valence-electron chi connectivity index (χ4n) is 18.5. The van der Waals surface area contributed by atoms with Crippen LogP contribution in [-0.2, 0) is 81.7 Å². The number of nitrogens with one attached hydrogen (secondary N) is 1. The van der Waals surface area contributed by atoms with Gasteiger partial charge in [0.1, 0.15) is 0 Å². The molecule has 2 aliphatic heterocycles. The van der Waals surface area contributed by atoms with Gasteiger partial charge in [0.05, 0.1) is 0 Å². The molecule has 610 valence electrons. The second-order valence-corrected chi connectivity index (χ2v) is 51.1. The summed E-state index contributed by atoms with van der Waals surface area (Å²) >= 11 is 13.1. The van der Waals surface area contributed by atoms with Crippen LogP contribution in [0.5, 0.6) is 0 Å². The molecule has 0 bridgehead atoms. The van der Waals surface area contributed by atoms with Gasteiger partial charge < -0.3 is 22.3 Å². The maximum atomic E-state index is 6.80. The van der Waals surface area contributed by atoms with Crippen molar-refractivity contribution in [1.29, 1.82) is 0 Å². The molecule has 4 nitrogen and oxygen atoms in total. The van der Waals surface area contributed by atoms with Crippen molar-refractivity contribution in [3.63, 3.8) is 0 Å². The number of fused-ring (bicyclic) bond motifs is 4. The molecule has 0 amide bonds. The van der Waals surface area contributed by atoms with E-state index in [0.717, 1.165) is 75.1 Å². The number of hydrogen-bond acceptors (Lipinski definition) is 3. The van der Waals surface area contributed by atoms with Crippen LogP contribution < -0.4 is 36.1 Å². The molecule has 1 N–H and O–H groups in total. The van der Waals surface area contributed by atoms with Gasteiger partial charge in [0.15, 0.2) is 0 Å². The summed E-state index contributed by atoms with van der Waals surface area (Å²) in [6, 6.07) is 84.2. The average Bonchev–Trinajstić information content (AvgIpc) is 1.63. The predicted molar refractivity (Wildman–Crippen MR) is 507 cm³/mol. The molecule has 5 atom stereocenters. The molecular weight excluding hydrogens is 1570 g/mol. The van der Waals surface area contributed by atoms with Crippen molar-refractivity contribution >= 4 is 101 Å². The Labute approximate surface area is 725 Å². The summed E-state index contributed by atoms with van der Waals surface area (Å²) in [5.74, 6) is 1.01. The molecule has 0 saturated heterocycles. The molecule has 5 unspecified atom stereocenters. The van der Waals surface area contributed by atoms with Crippen molar-refractivity contribution in [2.24, 2.45) is 11.8 Å². The Morgan fingerprint density at radius 1 is 0.417 bits per heavy atom. The molecule has 5 aliphatic rings. The summed E-state index contributed by atoms with van der Waals surface area (Å²) in [7, 11) is 4.52. The van der Waals surface area contributed by atoms with Crippen molar-refractivity contribution in [3.8, 4) is 0 Å². The second-order valence-electron chi connectivity index (χ2n) is 34.9. The van der Waals surface area contributed by atoms with Crippen molar-refractivity contribution in [2.45, 2.75) is 259 Å². The average molecular weight is 1700 g/mol. The number of nitrogens with zero attached hydrogens (tertiary/aromatic N) is 3. The van der Waals surface area contributed by atoms with Crippen molar-refractivity contribution in [1.82, 2.24) is 14.8 Å². The Morgan fingerprint density at radius 2 is 0.739 bits per heavy atom. The van der Waals surface area contributed by atoms with E-state index in [9.17, 15) is 0 Å². The van der Waals surface area contributed by atoms with Gasteiger partial charge in [0, 0.05) is 62.8 Å². The van der Waals surface area contributed by atoms with Crippen molar-refractivity contribution < 1.29 is 17.0 Å². The van der Waals surface area contributed by atoms with Crippen LogP contribution in [0.3, 0.4) is 0 Å². The number of halogens is 4. The van der Waals surface area contributed by atoms with E-state index in [0.29, 0.717) is 23.4 Å². The fraction of sp³-hybridized carbons (Fsp3) is 0.408. The Bertz CT molecular complexity index is 4340. The first-order valence-electron chi connectivity index (χ1n) is 43.4. The number of rotatable bonds is 30. The molecule has 2 heterocycles. The Kier molecular flexibility index (Phi) is 34.7. The first-order chi connectivity index (χ1) is 55.1. The summed E-state index contributed by atoms with van der Waals surface area (Å²) in [5.41, 5.74) is 19.3. The number of aryl methyl sites for hydroxylation is 6. The quantitative estimate of drug-likeness (QED) is 0.0277. The number of allylic oxidation sites excluding steroid dienone is 4. The normalized spacial score (nSPS) is 17.5. The number of hydrogen-bond donors (Lipinski definition) is 1. The third-order valence-electron chi connectivity index (χ3n) is 24.3. The standard InChI is InChI=1S/C41H53N2Si.C41H50N2Si.C20H26Cl2Si.CH3.2ClH.Ti/c2*1-6-8-14-31-20-24-35(25-21-31)44(42-41(3,4)5,36-26-22-32(23-27-36)15-9-7-2)40-28-39(37-18-12-13-19-38(37)40)43-29-33-16-10-11-17-34(33)30-43;1-3-5-7-17-9-13-19(14-10-17)23(21,22)20-15-11-18(12-16-20)8-6-4-2;;;;/h10-13,16-27,37-40H,6-9,14-15,28-30H2,1-5H3;10-13,16-28,40,42H,6-9,14-15,29-30H2,1-5H3;9-16H,3-8H2,1-2H3;1H3;2*1H;/q-1;;;-1;;;+2/p-2. The molecule has 12 heteroatoms. The van der Waals surface area contributed by atoms with Crippen LogP contribution in [0.1, 0.15) is 239 Å². The van der Waals surface area contributed by atoms with Gasteiger partial charge in [-0.25, -0.2) is 0 Å². The van der Waals surface area contributed by atoms with E-state index in [1.54, 1.807) is 0 Å². The van der Waals surface area contributed by atoms with Crippen LogP contribution in [0, 0.1) is 19.3 Å². The summed E-state index contributed by atoms with van der Waals surface area (Å²) in [6.45, 7) is 29.1. The van der Waals surface area contributed by atoms with E-state index < -0.39 is 40.2 Å². The Hall–Kier alpha value is -5.60. The van der Waals surface area contributed by atoms with Crippen LogP contribution in [0.4, 0.5) is 0 Å². The summed E-state index contributed by atoms with van der Waals surface area (Å²) in [6.07, 6.45) is 35.2. The predicted octanol–water partition coefficient (Wildman–Crippen LogP) is 24.9. The van der Waals surface area contributed by atoms with Crippen LogP contribution in [-0.4, -0.2) is 50.1 Å². The molecule has 0 aromatic heterocycles. The number of unbranched alkanes of at least 4 members (excludes halogenated alkanes) is 6. The molecule has 1 fully saturated rings. The fourth-order valence-corrected chi connectivity index (χ4v) is 32.2. The zero-order chi connectivity index (χ0) is 80.9. The van der Waals surface area contributed by atoms with E-state index in [-0.39, 0.29) is 24.0 Å².